The van der Waals surface area contributed by atoms with Gasteiger partial charge >= 0.3 is 0 Å². The standard InChI is InChI=1S/C13H18N2OS/c1-3-15(4-2)13(16)12-9-14-10-7-5-6-8-11(10)17-12/h5-8,12,14H,3-4,9H2,1-2H3/t12-/m1/s1. The second kappa shape index (κ2) is 5.45. The molecule has 1 aliphatic heterocycles. The van der Waals surface area contributed by atoms with Crippen molar-refractivity contribution in [1.29, 1.82) is 0 Å². The summed E-state index contributed by atoms with van der Waals surface area (Å²) in [6, 6.07) is 8.14. The number of para-hydroxylation sites is 1. The summed E-state index contributed by atoms with van der Waals surface area (Å²) >= 11 is 1.67. The monoisotopic (exact) mass is 250 g/mol. The SMILES string of the molecule is CCN(CC)C(=O)[C@H]1CNc2ccccc2S1. The van der Waals surface area contributed by atoms with Gasteiger partial charge < -0.3 is 10.2 Å². The highest BCUT2D eigenvalue weighted by Gasteiger charge is 2.27. The number of carbonyl (C=O) groups is 1. The molecular formula is C13H18N2OS. The normalized spacial score (nSPS) is 18.1. The van der Waals surface area contributed by atoms with Crippen molar-refractivity contribution in [2.75, 3.05) is 25.0 Å². The van der Waals surface area contributed by atoms with E-state index in [1.54, 1.807) is 11.8 Å². The van der Waals surface area contributed by atoms with E-state index < -0.39 is 0 Å². The van der Waals surface area contributed by atoms with Crippen molar-refractivity contribution in [1.82, 2.24) is 4.90 Å². The zero-order valence-electron chi connectivity index (χ0n) is 10.3. The van der Waals surface area contributed by atoms with Gasteiger partial charge in [-0.3, -0.25) is 4.79 Å². The van der Waals surface area contributed by atoms with E-state index in [1.165, 1.54) is 4.90 Å². The van der Waals surface area contributed by atoms with E-state index in [1.807, 2.05) is 30.9 Å². The summed E-state index contributed by atoms with van der Waals surface area (Å²) in [6.07, 6.45) is 0. The predicted molar refractivity (Wildman–Crippen MR) is 72.5 cm³/mol. The summed E-state index contributed by atoms with van der Waals surface area (Å²) in [5, 5.41) is 3.33. The molecule has 0 aromatic heterocycles. The minimum absolute atomic E-state index is 0.00444. The molecule has 1 amide bonds. The molecule has 0 spiro atoms. The van der Waals surface area contributed by atoms with Gasteiger partial charge in [0.15, 0.2) is 0 Å². The molecule has 4 heteroatoms. The molecule has 1 heterocycles. The molecule has 92 valence electrons. The van der Waals surface area contributed by atoms with Crippen LogP contribution in [0.4, 0.5) is 5.69 Å². The van der Waals surface area contributed by atoms with Gasteiger partial charge in [-0.1, -0.05) is 12.1 Å². The highest BCUT2D eigenvalue weighted by molar-refractivity contribution is 8.00. The number of hydrogen-bond donors (Lipinski definition) is 1. The number of thioether (sulfide) groups is 1. The minimum atomic E-state index is 0.00444. The second-order valence-electron chi connectivity index (χ2n) is 3.99. The Hall–Kier alpha value is -1.16. The molecule has 0 fully saturated rings. The lowest BCUT2D eigenvalue weighted by Crippen LogP contribution is -2.41. The Morgan fingerprint density at radius 1 is 1.41 bits per heavy atom. The third-order valence-electron chi connectivity index (χ3n) is 2.98. The molecule has 0 unspecified atom stereocenters. The molecule has 17 heavy (non-hydrogen) atoms. The van der Waals surface area contributed by atoms with Crippen LogP contribution in [-0.4, -0.2) is 35.7 Å². The quantitative estimate of drug-likeness (QED) is 0.894. The average molecular weight is 250 g/mol. The Balaban J connectivity index is 2.09. The highest BCUT2D eigenvalue weighted by atomic mass is 32.2. The Morgan fingerprint density at radius 3 is 2.82 bits per heavy atom. The molecule has 0 saturated heterocycles. The number of nitrogens with zero attached hydrogens (tertiary/aromatic N) is 1. The minimum Gasteiger partial charge on any atom is -0.382 e. The fraction of sp³-hybridized carbons (Fsp3) is 0.462. The van der Waals surface area contributed by atoms with E-state index in [-0.39, 0.29) is 11.2 Å². The summed E-state index contributed by atoms with van der Waals surface area (Å²) in [5.74, 6) is 0.238. The van der Waals surface area contributed by atoms with Crippen LogP contribution in [0, 0.1) is 0 Å². The van der Waals surface area contributed by atoms with E-state index in [9.17, 15) is 4.79 Å². The zero-order chi connectivity index (χ0) is 12.3. The predicted octanol–water partition coefficient (Wildman–Crippen LogP) is 2.44. The number of benzene rings is 1. The van der Waals surface area contributed by atoms with Crippen LogP contribution in [-0.2, 0) is 4.79 Å². The Morgan fingerprint density at radius 2 is 2.12 bits per heavy atom. The lowest BCUT2D eigenvalue weighted by atomic mass is 10.2. The van der Waals surface area contributed by atoms with Gasteiger partial charge in [-0.15, -0.1) is 11.8 Å². The van der Waals surface area contributed by atoms with Crippen LogP contribution in [0.2, 0.25) is 0 Å². The van der Waals surface area contributed by atoms with Gasteiger partial charge in [-0.25, -0.2) is 0 Å². The van der Waals surface area contributed by atoms with Gasteiger partial charge in [-0.05, 0) is 26.0 Å². The smallest absolute Gasteiger partial charge is 0.237 e. The molecule has 0 saturated carbocycles. The number of amides is 1. The van der Waals surface area contributed by atoms with Crippen molar-refractivity contribution in [2.45, 2.75) is 24.0 Å². The molecule has 0 bridgehead atoms. The number of nitrogens with one attached hydrogen (secondary N) is 1. The van der Waals surface area contributed by atoms with Crippen LogP contribution in [0.1, 0.15) is 13.8 Å². The molecule has 1 aromatic rings. The van der Waals surface area contributed by atoms with Crippen molar-refractivity contribution in [3.8, 4) is 0 Å². The molecule has 1 atom stereocenters. The van der Waals surface area contributed by atoms with E-state index >= 15 is 0 Å². The van der Waals surface area contributed by atoms with Crippen LogP contribution in [0.15, 0.2) is 29.2 Å². The zero-order valence-corrected chi connectivity index (χ0v) is 11.1. The van der Waals surface area contributed by atoms with E-state index in [0.29, 0.717) is 0 Å². The van der Waals surface area contributed by atoms with Gasteiger partial charge in [0.05, 0.1) is 0 Å². The molecule has 2 rings (SSSR count). The third kappa shape index (κ3) is 2.57. The first-order chi connectivity index (χ1) is 8.26. The Bertz CT molecular complexity index is 404. The number of rotatable bonds is 3. The average Bonchev–Trinajstić information content (AvgIpc) is 2.39. The fourth-order valence-electron chi connectivity index (χ4n) is 1.99. The summed E-state index contributed by atoms with van der Waals surface area (Å²) in [7, 11) is 0. The van der Waals surface area contributed by atoms with E-state index in [2.05, 4.69) is 17.4 Å². The first kappa shape index (κ1) is 12.3. The molecule has 3 nitrogen and oxygen atoms in total. The summed E-state index contributed by atoms with van der Waals surface area (Å²) in [4.78, 5) is 15.3. The van der Waals surface area contributed by atoms with Crippen molar-refractivity contribution in [2.24, 2.45) is 0 Å². The van der Waals surface area contributed by atoms with Crippen LogP contribution >= 0.6 is 11.8 Å². The van der Waals surface area contributed by atoms with Gasteiger partial charge in [0.1, 0.15) is 5.25 Å². The number of anilines is 1. The number of carbonyl (C=O) groups excluding carboxylic acids is 1. The lowest BCUT2D eigenvalue weighted by Gasteiger charge is -2.29. The third-order valence-corrected chi connectivity index (χ3v) is 4.25. The first-order valence-electron chi connectivity index (χ1n) is 6.04. The van der Waals surface area contributed by atoms with E-state index in [0.717, 1.165) is 25.3 Å². The maximum atomic E-state index is 12.2. The molecular weight excluding hydrogens is 232 g/mol. The van der Waals surface area contributed by atoms with Crippen molar-refractivity contribution >= 4 is 23.4 Å². The van der Waals surface area contributed by atoms with Crippen molar-refractivity contribution < 1.29 is 4.79 Å². The summed E-state index contributed by atoms with van der Waals surface area (Å²) in [6.45, 7) is 6.34. The summed E-state index contributed by atoms with van der Waals surface area (Å²) < 4.78 is 0. The first-order valence-corrected chi connectivity index (χ1v) is 6.92. The maximum Gasteiger partial charge on any atom is 0.237 e. The maximum absolute atomic E-state index is 12.2. The van der Waals surface area contributed by atoms with Crippen LogP contribution < -0.4 is 5.32 Å². The van der Waals surface area contributed by atoms with Crippen molar-refractivity contribution in [3.63, 3.8) is 0 Å². The van der Waals surface area contributed by atoms with Gasteiger partial charge in [0.2, 0.25) is 5.91 Å². The summed E-state index contributed by atoms with van der Waals surface area (Å²) in [5.41, 5.74) is 1.14. The number of fused-ring (bicyclic) bond motifs is 1. The van der Waals surface area contributed by atoms with Crippen LogP contribution in [0.25, 0.3) is 0 Å². The van der Waals surface area contributed by atoms with Crippen LogP contribution in [0.3, 0.4) is 0 Å². The van der Waals surface area contributed by atoms with Gasteiger partial charge in [0.25, 0.3) is 0 Å². The molecule has 0 radical (unpaired) electrons. The molecule has 0 aliphatic carbocycles. The fourth-order valence-corrected chi connectivity index (χ4v) is 3.14. The van der Waals surface area contributed by atoms with Gasteiger partial charge in [0, 0.05) is 30.2 Å². The van der Waals surface area contributed by atoms with Crippen molar-refractivity contribution in [3.05, 3.63) is 24.3 Å². The molecule has 1 aliphatic rings. The van der Waals surface area contributed by atoms with Gasteiger partial charge in [-0.2, -0.15) is 0 Å². The van der Waals surface area contributed by atoms with Crippen LogP contribution in [0.5, 0.6) is 0 Å². The lowest BCUT2D eigenvalue weighted by molar-refractivity contribution is -0.130. The van der Waals surface area contributed by atoms with E-state index in [4.69, 9.17) is 0 Å². The second-order valence-corrected chi connectivity index (χ2v) is 5.24. The largest absolute Gasteiger partial charge is 0.382 e. The Kier molecular flexibility index (Phi) is 3.94. The number of hydrogen-bond acceptors (Lipinski definition) is 3. The molecule has 1 N–H and O–H groups in total. The molecule has 1 aromatic carbocycles. The highest BCUT2D eigenvalue weighted by Crippen LogP contribution is 2.35. The topological polar surface area (TPSA) is 32.3 Å². The Labute approximate surface area is 107 Å².